The second kappa shape index (κ2) is 8.75. The largest absolute Gasteiger partial charge is 0.478 e. The minimum absolute atomic E-state index is 0.0732. The first kappa shape index (κ1) is 22.6. The van der Waals surface area contributed by atoms with E-state index in [0.29, 0.717) is 33.0 Å². The van der Waals surface area contributed by atoms with Gasteiger partial charge >= 0.3 is 5.97 Å². The molecule has 0 bridgehead atoms. The summed E-state index contributed by atoms with van der Waals surface area (Å²) in [7, 11) is 0. The van der Waals surface area contributed by atoms with Crippen molar-refractivity contribution in [1.82, 2.24) is 0 Å². The van der Waals surface area contributed by atoms with Crippen molar-refractivity contribution < 1.29 is 14.3 Å². The van der Waals surface area contributed by atoms with Gasteiger partial charge in [0.25, 0.3) is 0 Å². The molecule has 1 aromatic heterocycles. The van der Waals surface area contributed by atoms with E-state index in [1.54, 1.807) is 19.1 Å². The van der Waals surface area contributed by atoms with Crippen LogP contribution in [0.3, 0.4) is 0 Å². The highest BCUT2D eigenvalue weighted by Crippen LogP contribution is 2.33. The number of hydrogen-bond donors (Lipinski definition) is 2. The van der Waals surface area contributed by atoms with Crippen LogP contribution in [0.1, 0.15) is 45.6 Å². The molecule has 1 unspecified atom stereocenters. The quantitative estimate of drug-likeness (QED) is 0.337. The standard InChI is InChI=1S/C27H24ClNO4/c1-14-6-5-7-18(10-14)25-16(3)24(30)22-12-15(2)11-20(26(22)33-25)17(4)29-23-9-8-19(28)13-21(23)27(31)32/h5-13,17,29H,1-4H3,(H,31,32). The third-order valence-corrected chi connectivity index (χ3v) is 5.96. The Morgan fingerprint density at radius 3 is 2.48 bits per heavy atom. The molecule has 0 aliphatic carbocycles. The predicted octanol–water partition coefficient (Wildman–Crippen LogP) is 6.91. The number of aryl methyl sites for hydroxylation is 2. The Kier molecular flexibility index (Phi) is 6.00. The van der Waals surface area contributed by atoms with Gasteiger partial charge in [-0.05, 0) is 63.6 Å². The molecule has 1 heterocycles. The van der Waals surface area contributed by atoms with Crippen LogP contribution in [0.2, 0.25) is 5.02 Å². The molecule has 0 aliphatic heterocycles. The number of hydrogen-bond acceptors (Lipinski definition) is 4. The van der Waals surface area contributed by atoms with Gasteiger partial charge in [0.1, 0.15) is 11.3 Å². The summed E-state index contributed by atoms with van der Waals surface area (Å²) in [6, 6.07) is 16.0. The minimum atomic E-state index is -1.08. The first-order valence-corrected chi connectivity index (χ1v) is 11.0. The van der Waals surface area contributed by atoms with Gasteiger partial charge in [-0.25, -0.2) is 4.79 Å². The van der Waals surface area contributed by atoms with Gasteiger partial charge in [-0.1, -0.05) is 41.4 Å². The lowest BCUT2D eigenvalue weighted by molar-refractivity contribution is 0.0698. The van der Waals surface area contributed by atoms with E-state index in [1.165, 1.54) is 6.07 Å². The summed E-state index contributed by atoms with van der Waals surface area (Å²) in [6.07, 6.45) is 0. The lowest BCUT2D eigenvalue weighted by atomic mass is 9.98. The molecular weight excluding hydrogens is 438 g/mol. The van der Waals surface area contributed by atoms with Crippen molar-refractivity contribution in [2.75, 3.05) is 5.32 Å². The number of fused-ring (bicyclic) bond motifs is 1. The Hall–Kier alpha value is -3.57. The molecule has 4 aromatic rings. The maximum absolute atomic E-state index is 13.3. The van der Waals surface area contributed by atoms with E-state index in [0.717, 1.165) is 22.3 Å². The van der Waals surface area contributed by atoms with Gasteiger partial charge in [-0.2, -0.15) is 0 Å². The fourth-order valence-electron chi connectivity index (χ4n) is 4.08. The first-order valence-electron chi connectivity index (χ1n) is 10.6. The van der Waals surface area contributed by atoms with Gasteiger partial charge in [0, 0.05) is 27.4 Å². The van der Waals surface area contributed by atoms with Crippen LogP contribution in [0, 0.1) is 20.8 Å². The van der Waals surface area contributed by atoms with Gasteiger partial charge in [-0.3, -0.25) is 4.79 Å². The van der Waals surface area contributed by atoms with Gasteiger partial charge in [0.15, 0.2) is 5.43 Å². The predicted molar refractivity (Wildman–Crippen MR) is 133 cm³/mol. The molecule has 0 radical (unpaired) electrons. The molecule has 168 valence electrons. The van der Waals surface area contributed by atoms with Crippen LogP contribution in [0.25, 0.3) is 22.3 Å². The van der Waals surface area contributed by atoms with Crippen molar-refractivity contribution in [3.05, 3.63) is 97.7 Å². The average Bonchev–Trinajstić information content (AvgIpc) is 2.77. The van der Waals surface area contributed by atoms with Crippen LogP contribution in [-0.4, -0.2) is 11.1 Å². The maximum Gasteiger partial charge on any atom is 0.337 e. The summed E-state index contributed by atoms with van der Waals surface area (Å²) in [6.45, 7) is 7.59. The highest BCUT2D eigenvalue weighted by atomic mass is 35.5. The van der Waals surface area contributed by atoms with Crippen LogP contribution in [0.5, 0.6) is 0 Å². The lowest BCUT2D eigenvalue weighted by Crippen LogP contribution is -2.14. The zero-order valence-corrected chi connectivity index (χ0v) is 19.6. The van der Waals surface area contributed by atoms with E-state index in [4.69, 9.17) is 16.0 Å². The molecule has 0 amide bonds. The highest BCUT2D eigenvalue weighted by Gasteiger charge is 2.20. The molecule has 0 fully saturated rings. The summed E-state index contributed by atoms with van der Waals surface area (Å²) < 4.78 is 6.38. The molecule has 2 N–H and O–H groups in total. The van der Waals surface area contributed by atoms with Crippen molar-refractivity contribution in [1.29, 1.82) is 0 Å². The van der Waals surface area contributed by atoms with Gasteiger partial charge < -0.3 is 14.8 Å². The molecule has 0 spiro atoms. The fourth-order valence-corrected chi connectivity index (χ4v) is 4.25. The van der Waals surface area contributed by atoms with E-state index >= 15 is 0 Å². The van der Waals surface area contributed by atoms with E-state index in [-0.39, 0.29) is 17.0 Å². The number of rotatable bonds is 5. The van der Waals surface area contributed by atoms with E-state index in [1.807, 2.05) is 57.2 Å². The van der Waals surface area contributed by atoms with Gasteiger partial charge in [0.05, 0.1) is 17.0 Å². The van der Waals surface area contributed by atoms with Crippen molar-refractivity contribution in [3.63, 3.8) is 0 Å². The second-order valence-corrected chi connectivity index (χ2v) is 8.78. The fraction of sp³-hybridized carbons (Fsp3) is 0.185. The van der Waals surface area contributed by atoms with Crippen molar-refractivity contribution in [2.45, 2.75) is 33.7 Å². The number of benzene rings is 3. The molecule has 33 heavy (non-hydrogen) atoms. The van der Waals surface area contributed by atoms with Crippen LogP contribution >= 0.6 is 11.6 Å². The highest BCUT2D eigenvalue weighted by molar-refractivity contribution is 6.31. The molecule has 1 atom stereocenters. The van der Waals surface area contributed by atoms with Gasteiger partial charge in [0.2, 0.25) is 0 Å². The average molecular weight is 462 g/mol. The minimum Gasteiger partial charge on any atom is -0.478 e. The Labute approximate surface area is 196 Å². The molecule has 0 saturated carbocycles. The van der Waals surface area contributed by atoms with Crippen LogP contribution in [-0.2, 0) is 0 Å². The number of carboxylic acids is 1. The number of carboxylic acid groups (broad SMARTS) is 1. The van der Waals surface area contributed by atoms with Crippen LogP contribution in [0.4, 0.5) is 5.69 Å². The Balaban J connectivity index is 1.89. The normalized spacial score (nSPS) is 12.0. The number of halogens is 1. The SMILES string of the molecule is Cc1cccc(-c2oc3c(C(C)Nc4ccc(Cl)cc4C(=O)O)cc(C)cc3c(=O)c2C)c1. The smallest absolute Gasteiger partial charge is 0.337 e. The molecule has 6 heteroatoms. The Morgan fingerprint density at radius 1 is 1.03 bits per heavy atom. The topological polar surface area (TPSA) is 79.5 Å². The van der Waals surface area contributed by atoms with Crippen molar-refractivity contribution in [3.8, 4) is 11.3 Å². The Bertz CT molecular complexity index is 1450. The summed E-state index contributed by atoms with van der Waals surface area (Å²) in [5, 5.41) is 13.7. The lowest BCUT2D eigenvalue weighted by Gasteiger charge is -2.20. The van der Waals surface area contributed by atoms with E-state index in [2.05, 4.69) is 5.32 Å². The van der Waals surface area contributed by atoms with E-state index in [9.17, 15) is 14.7 Å². The maximum atomic E-state index is 13.3. The molecule has 4 rings (SSSR count). The number of carbonyl (C=O) groups is 1. The summed E-state index contributed by atoms with van der Waals surface area (Å²) in [5.41, 5.74) is 5.05. The monoisotopic (exact) mass is 461 g/mol. The van der Waals surface area contributed by atoms with Crippen molar-refractivity contribution in [2.24, 2.45) is 0 Å². The van der Waals surface area contributed by atoms with Crippen molar-refractivity contribution >= 4 is 34.2 Å². The third kappa shape index (κ3) is 4.37. The Morgan fingerprint density at radius 2 is 1.79 bits per heavy atom. The molecular formula is C27H24ClNO4. The zero-order valence-electron chi connectivity index (χ0n) is 18.8. The second-order valence-electron chi connectivity index (χ2n) is 8.35. The molecule has 3 aromatic carbocycles. The third-order valence-electron chi connectivity index (χ3n) is 5.72. The first-order chi connectivity index (χ1) is 15.7. The molecule has 5 nitrogen and oxygen atoms in total. The zero-order chi connectivity index (χ0) is 23.9. The molecule has 0 aliphatic rings. The molecule has 0 saturated heterocycles. The van der Waals surface area contributed by atoms with E-state index < -0.39 is 5.97 Å². The summed E-state index contributed by atoms with van der Waals surface area (Å²) in [4.78, 5) is 25.0. The summed E-state index contributed by atoms with van der Waals surface area (Å²) >= 11 is 5.99. The number of anilines is 1. The van der Waals surface area contributed by atoms with Crippen LogP contribution in [0.15, 0.2) is 63.8 Å². The van der Waals surface area contributed by atoms with Crippen LogP contribution < -0.4 is 10.7 Å². The number of aromatic carboxylic acids is 1. The number of nitrogens with one attached hydrogen (secondary N) is 1. The van der Waals surface area contributed by atoms with Gasteiger partial charge in [-0.15, -0.1) is 0 Å². The summed E-state index contributed by atoms with van der Waals surface area (Å²) in [5.74, 6) is -0.545.